The van der Waals surface area contributed by atoms with Gasteiger partial charge in [0.2, 0.25) is 5.91 Å². The molecule has 106 valence electrons. The number of hydrazine groups is 1. The number of carbonyl (C=O) groups excluding carboxylic acids is 1. The van der Waals surface area contributed by atoms with E-state index in [1.165, 1.54) is 0 Å². The van der Waals surface area contributed by atoms with E-state index in [4.69, 9.17) is 15.5 Å². The molecule has 7 nitrogen and oxygen atoms in total. The molecule has 0 atom stereocenters. The summed E-state index contributed by atoms with van der Waals surface area (Å²) < 4.78 is 5.24. The van der Waals surface area contributed by atoms with Crippen LogP contribution in [0.1, 0.15) is 48.6 Å². The second kappa shape index (κ2) is 6.14. The first kappa shape index (κ1) is 14.0. The van der Waals surface area contributed by atoms with E-state index in [9.17, 15) is 9.90 Å². The van der Waals surface area contributed by atoms with Crippen molar-refractivity contribution in [1.29, 1.82) is 0 Å². The van der Waals surface area contributed by atoms with E-state index in [1.54, 1.807) is 0 Å². The van der Waals surface area contributed by atoms with Gasteiger partial charge < -0.3 is 14.7 Å². The lowest BCUT2D eigenvalue weighted by Crippen LogP contribution is -2.37. The number of nitrogens with one attached hydrogen (secondary N) is 1. The largest absolute Gasteiger partial charge is 0.391 e. The predicted octanol–water partition coefficient (Wildman–Crippen LogP) is -0.0771. The Bertz CT molecular complexity index is 438. The molecule has 1 aromatic rings. The van der Waals surface area contributed by atoms with Gasteiger partial charge in [-0.05, 0) is 25.7 Å². The smallest absolute Gasteiger partial charge is 0.236 e. The Hall–Kier alpha value is -1.44. The second-order valence-electron chi connectivity index (χ2n) is 4.85. The number of aliphatic hydroxyl groups is 2. The summed E-state index contributed by atoms with van der Waals surface area (Å²) in [6.07, 6.45) is 3.03. The van der Waals surface area contributed by atoms with Crippen molar-refractivity contribution in [2.45, 2.75) is 44.8 Å². The van der Waals surface area contributed by atoms with Crippen molar-refractivity contribution in [2.24, 2.45) is 11.8 Å². The molecule has 0 spiro atoms. The minimum atomic E-state index is -0.246. The number of nitrogens with zero attached hydrogens (tertiary/aromatic N) is 1. The SMILES string of the molecule is NNC(=O)[C@H]1CC[C@H](c2onc(CO)c2CO)CC1. The molecule has 0 unspecified atom stereocenters. The molecule has 1 heterocycles. The summed E-state index contributed by atoms with van der Waals surface area (Å²) in [6, 6.07) is 0. The van der Waals surface area contributed by atoms with Gasteiger partial charge in [-0.3, -0.25) is 10.2 Å². The molecule has 1 fully saturated rings. The third-order valence-corrected chi connectivity index (χ3v) is 3.82. The summed E-state index contributed by atoms with van der Waals surface area (Å²) in [4.78, 5) is 11.4. The summed E-state index contributed by atoms with van der Waals surface area (Å²) in [5, 5.41) is 22.2. The molecular formula is C12H19N3O4. The monoisotopic (exact) mass is 269 g/mol. The van der Waals surface area contributed by atoms with E-state index >= 15 is 0 Å². The molecule has 0 bridgehead atoms. The zero-order valence-corrected chi connectivity index (χ0v) is 10.6. The lowest BCUT2D eigenvalue weighted by Gasteiger charge is -2.26. The molecule has 5 N–H and O–H groups in total. The van der Waals surface area contributed by atoms with Crippen LogP contribution >= 0.6 is 0 Å². The van der Waals surface area contributed by atoms with Crippen LogP contribution < -0.4 is 11.3 Å². The Morgan fingerprint density at radius 1 is 1.32 bits per heavy atom. The van der Waals surface area contributed by atoms with E-state index in [-0.39, 0.29) is 31.0 Å². The van der Waals surface area contributed by atoms with Crippen LogP contribution in [0.2, 0.25) is 0 Å². The summed E-state index contributed by atoms with van der Waals surface area (Å²) in [6.45, 7) is -0.442. The fourth-order valence-electron chi connectivity index (χ4n) is 2.71. The molecule has 1 aliphatic rings. The fourth-order valence-corrected chi connectivity index (χ4v) is 2.71. The molecule has 0 aromatic carbocycles. The van der Waals surface area contributed by atoms with Gasteiger partial charge in [0.05, 0.1) is 13.2 Å². The third kappa shape index (κ3) is 2.78. The number of aromatic nitrogens is 1. The maximum atomic E-state index is 11.4. The maximum Gasteiger partial charge on any atom is 0.236 e. The van der Waals surface area contributed by atoms with Crippen LogP contribution in [0.15, 0.2) is 4.52 Å². The topological polar surface area (TPSA) is 122 Å². The van der Waals surface area contributed by atoms with Crippen LogP contribution in [0.25, 0.3) is 0 Å². The van der Waals surface area contributed by atoms with Crippen molar-refractivity contribution in [2.75, 3.05) is 0 Å². The van der Waals surface area contributed by atoms with Crippen LogP contribution in [-0.2, 0) is 18.0 Å². The van der Waals surface area contributed by atoms with Gasteiger partial charge >= 0.3 is 0 Å². The molecule has 1 amide bonds. The minimum absolute atomic E-state index is 0.0564. The minimum Gasteiger partial charge on any atom is -0.391 e. The van der Waals surface area contributed by atoms with Gasteiger partial charge in [-0.25, -0.2) is 5.84 Å². The van der Waals surface area contributed by atoms with Crippen LogP contribution in [0, 0.1) is 5.92 Å². The highest BCUT2D eigenvalue weighted by atomic mass is 16.5. The quantitative estimate of drug-likeness (QED) is 0.344. The number of hydrogen-bond donors (Lipinski definition) is 4. The highest BCUT2D eigenvalue weighted by molar-refractivity contribution is 5.78. The highest BCUT2D eigenvalue weighted by Gasteiger charge is 2.30. The van der Waals surface area contributed by atoms with Crippen LogP contribution in [-0.4, -0.2) is 21.3 Å². The van der Waals surface area contributed by atoms with Crippen LogP contribution in [0.4, 0.5) is 0 Å². The average molecular weight is 269 g/mol. The number of nitrogens with two attached hydrogens (primary N) is 1. The van der Waals surface area contributed by atoms with Gasteiger partial charge in [-0.1, -0.05) is 5.16 Å². The Balaban J connectivity index is 2.05. The van der Waals surface area contributed by atoms with Gasteiger partial charge in [0, 0.05) is 17.4 Å². The summed E-state index contributed by atoms with van der Waals surface area (Å²) >= 11 is 0. The number of hydrogen-bond acceptors (Lipinski definition) is 6. The zero-order valence-electron chi connectivity index (χ0n) is 10.6. The maximum absolute atomic E-state index is 11.4. The van der Waals surface area contributed by atoms with E-state index in [0.29, 0.717) is 17.0 Å². The lowest BCUT2D eigenvalue weighted by atomic mass is 9.79. The molecule has 7 heteroatoms. The van der Waals surface area contributed by atoms with Crippen molar-refractivity contribution >= 4 is 5.91 Å². The van der Waals surface area contributed by atoms with E-state index in [2.05, 4.69) is 10.6 Å². The van der Waals surface area contributed by atoms with E-state index in [0.717, 1.165) is 25.7 Å². The van der Waals surface area contributed by atoms with Gasteiger partial charge in [-0.15, -0.1) is 0 Å². The Labute approximate surface area is 110 Å². The van der Waals surface area contributed by atoms with E-state index in [1.807, 2.05) is 0 Å². The van der Waals surface area contributed by atoms with Crippen molar-refractivity contribution in [3.63, 3.8) is 0 Å². The molecular weight excluding hydrogens is 250 g/mol. The van der Waals surface area contributed by atoms with Crippen molar-refractivity contribution in [1.82, 2.24) is 10.6 Å². The molecule has 1 saturated carbocycles. The first-order valence-corrected chi connectivity index (χ1v) is 6.40. The van der Waals surface area contributed by atoms with Gasteiger partial charge in [-0.2, -0.15) is 0 Å². The number of rotatable bonds is 4. The van der Waals surface area contributed by atoms with Gasteiger partial charge in [0.25, 0.3) is 0 Å². The average Bonchev–Trinajstić information content (AvgIpc) is 2.89. The van der Waals surface area contributed by atoms with Crippen LogP contribution in [0.3, 0.4) is 0 Å². The normalized spacial score (nSPS) is 23.3. The number of carbonyl (C=O) groups is 1. The Morgan fingerprint density at radius 2 is 2.00 bits per heavy atom. The van der Waals surface area contributed by atoms with Gasteiger partial charge in [0.15, 0.2) is 0 Å². The molecule has 1 aromatic heterocycles. The predicted molar refractivity (Wildman–Crippen MR) is 65.4 cm³/mol. The lowest BCUT2D eigenvalue weighted by molar-refractivity contribution is -0.126. The van der Waals surface area contributed by atoms with Crippen molar-refractivity contribution < 1.29 is 19.5 Å². The molecule has 19 heavy (non-hydrogen) atoms. The van der Waals surface area contributed by atoms with Crippen molar-refractivity contribution in [3.05, 3.63) is 17.0 Å². The summed E-state index contributed by atoms with van der Waals surface area (Å²) in [5.41, 5.74) is 3.14. The van der Waals surface area contributed by atoms with Crippen molar-refractivity contribution in [3.8, 4) is 0 Å². The molecule has 2 rings (SSSR count). The molecule has 0 radical (unpaired) electrons. The first-order chi connectivity index (χ1) is 9.21. The molecule has 0 saturated heterocycles. The summed E-state index contributed by atoms with van der Waals surface area (Å²) in [5.74, 6) is 5.71. The van der Waals surface area contributed by atoms with Crippen LogP contribution in [0.5, 0.6) is 0 Å². The van der Waals surface area contributed by atoms with Gasteiger partial charge in [0.1, 0.15) is 11.5 Å². The van der Waals surface area contributed by atoms with E-state index < -0.39 is 0 Å². The number of aliphatic hydroxyl groups excluding tert-OH is 2. The third-order valence-electron chi connectivity index (χ3n) is 3.82. The highest BCUT2D eigenvalue weighted by Crippen LogP contribution is 2.38. The summed E-state index contributed by atoms with van der Waals surface area (Å²) in [7, 11) is 0. The molecule has 0 aliphatic heterocycles. The number of amides is 1. The fraction of sp³-hybridized carbons (Fsp3) is 0.667. The molecule has 1 aliphatic carbocycles. The first-order valence-electron chi connectivity index (χ1n) is 6.40. The Morgan fingerprint density at radius 3 is 2.53 bits per heavy atom. The second-order valence-corrected chi connectivity index (χ2v) is 4.85. The standard InChI is InChI=1S/C12H19N3O4/c13-14-12(18)8-3-1-7(2-4-8)11-9(5-16)10(6-17)15-19-11/h7-8,16-17H,1-6,13H2,(H,14,18)/t7-,8-. The zero-order chi connectivity index (χ0) is 13.8. The Kier molecular flexibility index (Phi) is 4.52.